The Morgan fingerprint density at radius 1 is 1.30 bits per heavy atom. The molecule has 1 aromatic carbocycles. The number of aliphatic imine (C=N–C) groups is 1. The molecular formula is C18H23N5. The van der Waals surface area contributed by atoms with Gasteiger partial charge in [-0.15, -0.1) is 0 Å². The molecule has 5 nitrogen and oxygen atoms in total. The summed E-state index contributed by atoms with van der Waals surface area (Å²) in [6, 6.07) is 12.7. The van der Waals surface area contributed by atoms with Crippen molar-refractivity contribution in [2.75, 3.05) is 37.5 Å². The van der Waals surface area contributed by atoms with Crippen molar-refractivity contribution in [2.24, 2.45) is 4.99 Å². The van der Waals surface area contributed by atoms with Crippen LogP contribution < -0.4 is 15.1 Å². The molecule has 1 aromatic heterocycles. The first-order chi connectivity index (χ1) is 11.2. The molecule has 0 unspecified atom stereocenters. The third-order valence-corrected chi connectivity index (χ3v) is 4.07. The lowest BCUT2D eigenvalue weighted by atomic mass is 10.2. The van der Waals surface area contributed by atoms with Gasteiger partial charge in [-0.3, -0.25) is 4.99 Å². The Bertz CT molecular complexity index is 708. The lowest BCUT2D eigenvalue weighted by Gasteiger charge is -2.22. The SMILES string of the molecule is CN=C(NCc1ccnc(N(C)C)c1)N1CCc2ccccc21. The molecule has 0 bridgehead atoms. The topological polar surface area (TPSA) is 43.8 Å². The summed E-state index contributed by atoms with van der Waals surface area (Å²) in [6.07, 6.45) is 2.91. The number of guanidine groups is 1. The van der Waals surface area contributed by atoms with Crippen LogP contribution in [-0.4, -0.2) is 38.6 Å². The molecule has 5 heteroatoms. The van der Waals surface area contributed by atoms with Crippen LogP contribution in [0.1, 0.15) is 11.1 Å². The van der Waals surface area contributed by atoms with Crippen LogP contribution in [0.25, 0.3) is 0 Å². The summed E-state index contributed by atoms with van der Waals surface area (Å²) in [4.78, 5) is 13.1. The molecule has 0 radical (unpaired) electrons. The van der Waals surface area contributed by atoms with Gasteiger partial charge < -0.3 is 15.1 Å². The van der Waals surface area contributed by atoms with Crippen LogP contribution in [0.15, 0.2) is 47.6 Å². The molecule has 0 aliphatic carbocycles. The van der Waals surface area contributed by atoms with Gasteiger partial charge in [0.2, 0.25) is 0 Å². The molecule has 2 aromatic rings. The number of anilines is 2. The van der Waals surface area contributed by atoms with Crippen molar-refractivity contribution in [1.29, 1.82) is 0 Å². The number of nitrogens with zero attached hydrogens (tertiary/aromatic N) is 4. The van der Waals surface area contributed by atoms with Gasteiger partial charge in [0, 0.05) is 46.1 Å². The number of aromatic nitrogens is 1. The third kappa shape index (κ3) is 3.28. The van der Waals surface area contributed by atoms with Gasteiger partial charge in [-0.2, -0.15) is 0 Å². The van der Waals surface area contributed by atoms with E-state index in [1.165, 1.54) is 16.8 Å². The van der Waals surface area contributed by atoms with E-state index in [0.717, 1.165) is 31.3 Å². The third-order valence-electron chi connectivity index (χ3n) is 4.07. The maximum absolute atomic E-state index is 4.45. The number of benzene rings is 1. The monoisotopic (exact) mass is 309 g/mol. The molecule has 0 atom stereocenters. The van der Waals surface area contributed by atoms with E-state index in [-0.39, 0.29) is 0 Å². The zero-order valence-electron chi connectivity index (χ0n) is 14.0. The maximum Gasteiger partial charge on any atom is 0.198 e. The van der Waals surface area contributed by atoms with E-state index in [2.05, 4.69) is 50.5 Å². The Balaban J connectivity index is 1.71. The predicted molar refractivity (Wildman–Crippen MR) is 96.3 cm³/mol. The number of pyridine rings is 1. The van der Waals surface area contributed by atoms with Crippen LogP contribution in [0.2, 0.25) is 0 Å². The van der Waals surface area contributed by atoms with Crippen LogP contribution in [0.3, 0.4) is 0 Å². The number of hydrogen-bond donors (Lipinski definition) is 1. The lowest BCUT2D eigenvalue weighted by molar-refractivity contribution is 0.863. The maximum atomic E-state index is 4.45. The summed E-state index contributed by atoms with van der Waals surface area (Å²) in [5.74, 6) is 1.88. The van der Waals surface area contributed by atoms with Gasteiger partial charge in [0.15, 0.2) is 5.96 Å². The minimum atomic E-state index is 0.731. The smallest absolute Gasteiger partial charge is 0.198 e. The molecule has 3 rings (SSSR count). The number of hydrogen-bond acceptors (Lipinski definition) is 3. The van der Waals surface area contributed by atoms with Gasteiger partial charge in [-0.25, -0.2) is 4.98 Å². The molecule has 0 fully saturated rings. The van der Waals surface area contributed by atoms with E-state index >= 15 is 0 Å². The summed E-state index contributed by atoms with van der Waals surface area (Å²) in [5.41, 5.74) is 3.83. The van der Waals surface area contributed by atoms with Crippen LogP contribution in [0.4, 0.5) is 11.5 Å². The molecule has 1 aliphatic heterocycles. The van der Waals surface area contributed by atoms with Crippen LogP contribution >= 0.6 is 0 Å². The molecule has 1 N–H and O–H groups in total. The summed E-state index contributed by atoms with van der Waals surface area (Å²) < 4.78 is 0. The largest absolute Gasteiger partial charge is 0.363 e. The summed E-state index contributed by atoms with van der Waals surface area (Å²) in [7, 11) is 5.83. The Labute approximate surface area is 137 Å². The quantitative estimate of drug-likeness (QED) is 0.698. The highest BCUT2D eigenvalue weighted by Gasteiger charge is 2.22. The van der Waals surface area contributed by atoms with Crippen molar-refractivity contribution in [1.82, 2.24) is 10.3 Å². The highest BCUT2D eigenvalue weighted by Crippen LogP contribution is 2.27. The van der Waals surface area contributed by atoms with Crippen LogP contribution in [0.5, 0.6) is 0 Å². The molecule has 23 heavy (non-hydrogen) atoms. The molecule has 1 aliphatic rings. The zero-order valence-corrected chi connectivity index (χ0v) is 14.0. The zero-order chi connectivity index (χ0) is 16.2. The fourth-order valence-electron chi connectivity index (χ4n) is 2.85. The Morgan fingerprint density at radius 3 is 2.91 bits per heavy atom. The minimum Gasteiger partial charge on any atom is -0.363 e. The number of para-hydroxylation sites is 1. The second-order valence-corrected chi connectivity index (χ2v) is 5.85. The molecule has 0 saturated carbocycles. The van der Waals surface area contributed by atoms with E-state index < -0.39 is 0 Å². The molecule has 0 amide bonds. The molecule has 120 valence electrons. The lowest BCUT2D eigenvalue weighted by Crippen LogP contribution is -2.40. The first-order valence-electron chi connectivity index (χ1n) is 7.87. The van der Waals surface area contributed by atoms with Crippen molar-refractivity contribution in [2.45, 2.75) is 13.0 Å². The van der Waals surface area contributed by atoms with Gasteiger partial charge in [-0.05, 0) is 35.7 Å². The first-order valence-corrected chi connectivity index (χ1v) is 7.87. The summed E-state index contributed by atoms with van der Waals surface area (Å²) in [5, 5.41) is 3.46. The van der Waals surface area contributed by atoms with Crippen molar-refractivity contribution in [3.8, 4) is 0 Å². The van der Waals surface area contributed by atoms with Crippen molar-refractivity contribution < 1.29 is 0 Å². The number of fused-ring (bicyclic) bond motifs is 1. The first kappa shape index (κ1) is 15.3. The fraction of sp³-hybridized carbons (Fsp3) is 0.333. The normalized spacial score (nSPS) is 13.9. The van der Waals surface area contributed by atoms with E-state index in [1.807, 2.05) is 38.3 Å². The number of rotatable bonds is 3. The second-order valence-electron chi connectivity index (χ2n) is 5.85. The van der Waals surface area contributed by atoms with Crippen LogP contribution in [-0.2, 0) is 13.0 Å². The Hall–Kier alpha value is -2.56. The van der Waals surface area contributed by atoms with Gasteiger partial charge in [0.25, 0.3) is 0 Å². The second kappa shape index (κ2) is 6.69. The highest BCUT2D eigenvalue weighted by molar-refractivity contribution is 5.97. The van der Waals surface area contributed by atoms with Gasteiger partial charge in [0.1, 0.15) is 5.82 Å². The molecule has 2 heterocycles. The van der Waals surface area contributed by atoms with E-state index in [1.54, 1.807) is 0 Å². The highest BCUT2D eigenvalue weighted by atomic mass is 15.3. The average Bonchev–Trinajstić information content (AvgIpc) is 3.00. The Morgan fingerprint density at radius 2 is 2.13 bits per heavy atom. The fourth-order valence-corrected chi connectivity index (χ4v) is 2.85. The van der Waals surface area contributed by atoms with Gasteiger partial charge in [0.05, 0.1) is 0 Å². The predicted octanol–water partition coefficient (Wildman–Crippen LogP) is 2.29. The van der Waals surface area contributed by atoms with Crippen molar-refractivity contribution in [3.63, 3.8) is 0 Å². The van der Waals surface area contributed by atoms with Gasteiger partial charge >= 0.3 is 0 Å². The van der Waals surface area contributed by atoms with Gasteiger partial charge in [-0.1, -0.05) is 18.2 Å². The average molecular weight is 309 g/mol. The van der Waals surface area contributed by atoms with Crippen LogP contribution in [0, 0.1) is 0 Å². The van der Waals surface area contributed by atoms with E-state index in [0.29, 0.717) is 0 Å². The standard InChI is InChI=1S/C18H23N5/c1-19-18(23-11-9-15-6-4-5-7-16(15)23)21-13-14-8-10-20-17(12-14)22(2)3/h4-8,10,12H,9,11,13H2,1-3H3,(H,19,21). The minimum absolute atomic E-state index is 0.731. The van der Waals surface area contributed by atoms with Crippen molar-refractivity contribution >= 4 is 17.5 Å². The number of nitrogens with one attached hydrogen (secondary N) is 1. The van der Waals surface area contributed by atoms with E-state index in [4.69, 9.17) is 0 Å². The Kier molecular flexibility index (Phi) is 4.46. The molecule has 0 spiro atoms. The van der Waals surface area contributed by atoms with E-state index in [9.17, 15) is 0 Å². The molecule has 0 saturated heterocycles. The molecular weight excluding hydrogens is 286 g/mol. The van der Waals surface area contributed by atoms with Crippen molar-refractivity contribution in [3.05, 3.63) is 53.7 Å². The summed E-state index contributed by atoms with van der Waals surface area (Å²) in [6.45, 7) is 1.70. The summed E-state index contributed by atoms with van der Waals surface area (Å²) >= 11 is 0.